The third-order valence-corrected chi connectivity index (χ3v) is 7.01. The van der Waals surface area contributed by atoms with Gasteiger partial charge < -0.3 is 9.64 Å². The van der Waals surface area contributed by atoms with E-state index < -0.39 is 5.41 Å². The van der Waals surface area contributed by atoms with Gasteiger partial charge in [-0.15, -0.1) is 0 Å². The second-order valence-electron chi connectivity index (χ2n) is 8.87. The Labute approximate surface area is 191 Å². The molecule has 0 radical (unpaired) electrons. The zero-order valence-electron chi connectivity index (χ0n) is 18.4. The van der Waals surface area contributed by atoms with Gasteiger partial charge >= 0.3 is 5.97 Å². The van der Waals surface area contributed by atoms with Crippen LogP contribution in [0, 0.1) is 11.3 Å². The van der Waals surface area contributed by atoms with Gasteiger partial charge in [-0.1, -0.05) is 66.6 Å². The van der Waals surface area contributed by atoms with Crippen LogP contribution in [0.2, 0.25) is 5.02 Å². The van der Waals surface area contributed by atoms with Gasteiger partial charge in [-0.3, -0.25) is 4.79 Å². The van der Waals surface area contributed by atoms with E-state index in [1.54, 1.807) is 0 Å². The van der Waals surface area contributed by atoms with Gasteiger partial charge in [0.1, 0.15) is 5.41 Å². The molecule has 1 aliphatic heterocycles. The molecule has 2 atom stereocenters. The summed E-state index contributed by atoms with van der Waals surface area (Å²) in [5.74, 6) is 0.354. The van der Waals surface area contributed by atoms with Crippen LogP contribution in [0.25, 0.3) is 6.08 Å². The maximum atomic E-state index is 13.3. The number of halogens is 1. The van der Waals surface area contributed by atoms with Crippen molar-refractivity contribution >= 4 is 23.6 Å². The van der Waals surface area contributed by atoms with Crippen LogP contribution in [-0.2, 0) is 16.0 Å². The van der Waals surface area contributed by atoms with E-state index in [9.17, 15) is 4.79 Å². The van der Waals surface area contributed by atoms with Crippen molar-refractivity contribution in [3.8, 4) is 0 Å². The Kier molecular flexibility index (Phi) is 7.14. The summed E-state index contributed by atoms with van der Waals surface area (Å²) < 4.78 is 5.64. The normalized spacial score (nSPS) is 24.8. The summed E-state index contributed by atoms with van der Waals surface area (Å²) in [4.78, 5) is 15.8. The molecule has 3 nitrogen and oxygen atoms in total. The van der Waals surface area contributed by atoms with Gasteiger partial charge in [0.25, 0.3) is 0 Å². The predicted molar refractivity (Wildman–Crippen MR) is 127 cm³/mol. The molecule has 2 fully saturated rings. The van der Waals surface area contributed by atoms with Crippen molar-refractivity contribution in [3.05, 3.63) is 76.3 Å². The number of esters is 1. The van der Waals surface area contributed by atoms with Crippen molar-refractivity contribution in [2.75, 3.05) is 26.2 Å². The Morgan fingerprint density at radius 3 is 2.71 bits per heavy atom. The third-order valence-electron chi connectivity index (χ3n) is 6.76. The lowest BCUT2D eigenvalue weighted by Crippen LogP contribution is -2.55. The molecule has 1 saturated heterocycles. The minimum atomic E-state index is -0.524. The van der Waals surface area contributed by atoms with Crippen molar-refractivity contribution in [2.24, 2.45) is 11.3 Å². The fraction of sp³-hybridized carbons (Fsp3) is 0.444. The second kappa shape index (κ2) is 10.0. The first-order valence-corrected chi connectivity index (χ1v) is 11.9. The predicted octanol–water partition coefficient (Wildman–Crippen LogP) is 6.02. The van der Waals surface area contributed by atoms with Crippen LogP contribution in [0.4, 0.5) is 0 Å². The van der Waals surface area contributed by atoms with Crippen LogP contribution in [0.5, 0.6) is 0 Å². The molecule has 4 heteroatoms. The highest BCUT2D eigenvalue weighted by atomic mass is 35.5. The highest BCUT2D eigenvalue weighted by Gasteiger charge is 2.52. The maximum absolute atomic E-state index is 13.3. The minimum Gasteiger partial charge on any atom is -0.465 e. The molecule has 164 valence electrons. The number of rotatable bonds is 7. The molecule has 0 aromatic heterocycles. The Balaban J connectivity index is 1.55. The monoisotopic (exact) mass is 437 g/mol. The third kappa shape index (κ3) is 5.05. The zero-order valence-corrected chi connectivity index (χ0v) is 19.1. The van der Waals surface area contributed by atoms with Crippen LogP contribution >= 0.6 is 11.6 Å². The Hall–Kier alpha value is -2.10. The first kappa shape index (κ1) is 22.1. The number of hydrogen-bond acceptors (Lipinski definition) is 3. The molecular formula is C27H32ClNO2. The Morgan fingerprint density at radius 2 is 1.97 bits per heavy atom. The number of ether oxygens (including phenoxy) is 1. The van der Waals surface area contributed by atoms with E-state index in [2.05, 4.69) is 41.3 Å². The summed E-state index contributed by atoms with van der Waals surface area (Å²) in [5.41, 5.74) is 3.23. The molecule has 2 aliphatic rings. The van der Waals surface area contributed by atoms with E-state index in [0.29, 0.717) is 12.5 Å². The quantitative estimate of drug-likeness (QED) is 0.496. The van der Waals surface area contributed by atoms with Gasteiger partial charge in [0, 0.05) is 18.1 Å². The summed E-state index contributed by atoms with van der Waals surface area (Å²) in [6, 6.07) is 18.6. The first-order valence-electron chi connectivity index (χ1n) is 11.5. The Morgan fingerprint density at radius 1 is 1.19 bits per heavy atom. The summed E-state index contributed by atoms with van der Waals surface area (Å²) >= 11 is 6.08. The van der Waals surface area contributed by atoms with Crippen LogP contribution in [0.1, 0.15) is 43.7 Å². The molecule has 1 heterocycles. The number of fused-ring (bicyclic) bond motifs is 2. The van der Waals surface area contributed by atoms with Gasteiger partial charge in [-0.05, 0) is 73.9 Å². The molecule has 0 N–H and O–H groups in total. The number of piperidine rings is 1. The van der Waals surface area contributed by atoms with Crippen LogP contribution in [0.15, 0.2) is 60.2 Å². The molecule has 2 aromatic carbocycles. The van der Waals surface area contributed by atoms with Crippen molar-refractivity contribution in [2.45, 2.75) is 39.0 Å². The molecule has 0 amide bonds. The molecule has 2 aromatic rings. The van der Waals surface area contributed by atoms with Crippen LogP contribution < -0.4 is 0 Å². The number of aryl methyl sites for hydroxylation is 1. The SMILES string of the molecule is CCOC(=O)[C@]12CCC[C@H](CN(CCCc3ccccc3)C1)C2=Cc1ccc(Cl)cc1. The van der Waals surface area contributed by atoms with E-state index in [-0.39, 0.29) is 5.97 Å². The lowest BCUT2D eigenvalue weighted by atomic mass is 9.62. The van der Waals surface area contributed by atoms with Crippen molar-refractivity contribution in [1.29, 1.82) is 0 Å². The lowest BCUT2D eigenvalue weighted by molar-refractivity contribution is -0.158. The Bertz CT molecular complexity index is 909. The first-order chi connectivity index (χ1) is 15.1. The number of carbonyl (C=O) groups excluding carboxylic acids is 1. The molecule has 2 bridgehead atoms. The highest BCUT2D eigenvalue weighted by molar-refractivity contribution is 6.30. The molecule has 0 unspecified atom stereocenters. The van der Waals surface area contributed by atoms with E-state index >= 15 is 0 Å². The molecule has 31 heavy (non-hydrogen) atoms. The van der Waals surface area contributed by atoms with Crippen LogP contribution in [0.3, 0.4) is 0 Å². The standard InChI is InChI=1S/C27H32ClNO2/c1-2-31-26(30)27-16-6-11-23(25(27)18-22-12-14-24(28)15-13-22)19-29(20-27)17-7-10-21-8-4-3-5-9-21/h3-5,8-9,12-15,18,23H,2,6-7,10-11,16-17,19-20H2,1H3/t23-,27-/m1/s1. The summed E-state index contributed by atoms with van der Waals surface area (Å²) in [6.07, 6.45) is 7.50. The number of benzene rings is 2. The number of hydrogen-bond donors (Lipinski definition) is 0. The second-order valence-corrected chi connectivity index (χ2v) is 9.30. The smallest absolute Gasteiger partial charge is 0.317 e. The number of nitrogens with zero attached hydrogens (tertiary/aromatic N) is 1. The van der Waals surface area contributed by atoms with Crippen molar-refractivity contribution in [3.63, 3.8) is 0 Å². The summed E-state index contributed by atoms with van der Waals surface area (Å²) in [6.45, 7) is 5.12. The molecule has 4 rings (SSSR count). The molecular weight excluding hydrogens is 406 g/mol. The van der Waals surface area contributed by atoms with E-state index in [4.69, 9.17) is 16.3 Å². The largest absolute Gasteiger partial charge is 0.465 e. The fourth-order valence-corrected chi connectivity index (χ4v) is 5.45. The van der Waals surface area contributed by atoms with Gasteiger partial charge in [-0.2, -0.15) is 0 Å². The zero-order chi connectivity index (χ0) is 21.7. The average Bonchev–Trinajstić information content (AvgIpc) is 2.77. The fourth-order valence-electron chi connectivity index (χ4n) is 5.33. The summed E-state index contributed by atoms with van der Waals surface area (Å²) in [7, 11) is 0. The van der Waals surface area contributed by atoms with Gasteiger partial charge in [0.2, 0.25) is 0 Å². The molecule has 0 spiro atoms. The maximum Gasteiger partial charge on any atom is 0.317 e. The van der Waals surface area contributed by atoms with E-state index in [1.165, 1.54) is 11.1 Å². The molecule has 1 aliphatic carbocycles. The highest BCUT2D eigenvalue weighted by Crippen LogP contribution is 2.50. The van der Waals surface area contributed by atoms with E-state index in [0.717, 1.165) is 62.3 Å². The summed E-state index contributed by atoms with van der Waals surface area (Å²) in [5, 5.41) is 0.732. The van der Waals surface area contributed by atoms with Crippen molar-refractivity contribution < 1.29 is 9.53 Å². The van der Waals surface area contributed by atoms with E-state index in [1.807, 2.05) is 31.2 Å². The average molecular weight is 438 g/mol. The van der Waals surface area contributed by atoms with Gasteiger partial charge in [0.05, 0.1) is 6.61 Å². The lowest BCUT2D eigenvalue weighted by Gasteiger charge is -2.50. The molecule has 1 saturated carbocycles. The number of carbonyl (C=O) groups is 1. The number of likely N-dealkylation sites (tertiary alicyclic amines) is 1. The van der Waals surface area contributed by atoms with Gasteiger partial charge in [-0.25, -0.2) is 0 Å². The van der Waals surface area contributed by atoms with Crippen molar-refractivity contribution in [1.82, 2.24) is 4.90 Å². The van der Waals surface area contributed by atoms with Gasteiger partial charge in [0.15, 0.2) is 0 Å². The minimum absolute atomic E-state index is 0.0485. The topological polar surface area (TPSA) is 29.5 Å². The van der Waals surface area contributed by atoms with Crippen LogP contribution in [-0.4, -0.2) is 37.1 Å².